The summed E-state index contributed by atoms with van der Waals surface area (Å²) >= 11 is 4.37. The molecule has 0 bridgehead atoms. The number of hydrogen-bond acceptors (Lipinski definition) is 4. The lowest BCUT2D eigenvalue weighted by Gasteiger charge is -2.35. The van der Waals surface area contributed by atoms with Crippen LogP contribution in [0.15, 0.2) is 24.8 Å². The highest BCUT2D eigenvalue weighted by atomic mass is 32.1. The smallest absolute Gasteiger partial charge is 0.410 e. The second-order valence-electron chi connectivity index (χ2n) is 4.08. The van der Waals surface area contributed by atoms with Crippen LogP contribution >= 0.6 is 12.6 Å². The summed E-state index contributed by atoms with van der Waals surface area (Å²) in [5, 5.41) is 0.125. The van der Waals surface area contributed by atoms with E-state index in [1.165, 1.54) is 12.2 Å². The Kier molecular flexibility index (Phi) is 5.77. The Bertz CT molecular complexity index is 357. The molecule has 1 rings (SSSR count). The Balaban J connectivity index is 2.69. The van der Waals surface area contributed by atoms with Crippen molar-refractivity contribution in [2.45, 2.75) is 24.1 Å². The molecule has 0 aromatic rings. The van der Waals surface area contributed by atoms with Gasteiger partial charge in [-0.2, -0.15) is 12.6 Å². The molecule has 2 atom stereocenters. The van der Waals surface area contributed by atoms with Gasteiger partial charge in [-0.05, 0) is 12.8 Å². The van der Waals surface area contributed by atoms with Crippen molar-refractivity contribution in [3.63, 3.8) is 0 Å². The highest BCUT2D eigenvalue weighted by Gasteiger charge is 2.29. The number of rotatable bonds is 4. The van der Waals surface area contributed by atoms with Gasteiger partial charge in [0, 0.05) is 17.9 Å². The van der Waals surface area contributed by atoms with Gasteiger partial charge >= 0.3 is 6.09 Å². The molecule has 0 aliphatic carbocycles. The van der Waals surface area contributed by atoms with Crippen molar-refractivity contribution in [3.8, 4) is 0 Å². The van der Waals surface area contributed by atoms with Crippen molar-refractivity contribution in [2.24, 2.45) is 5.73 Å². The molecule has 2 amide bonds. The topological polar surface area (TPSA) is 72.6 Å². The van der Waals surface area contributed by atoms with Crippen molar-refractivity contribution in [2.75, 3.05) is 13.2 Å². The molecule has 2 N–H and O–H groups in total. The van der Waals surface area contributed by atoms with Crippen molar-refractivity contribution in [3.05, 3.63) is 24.8 Å². The third-order valence-electron chi connectivity index (χ3n) is 2.65. The van der Waals surface area contributed by atoms with Crippen LogP contribution < -0.4 is 5.73 Å². The second-order valence-corrected chi connectivity index (χ2v) is 4.81. The molecule has 1 saturated heterocycles. The number of likely N-dealkylation sites (tertiary alicyclic amines) is 1. The maximum absolute atomic E-state index is 11.8. The van der Waals surface area contributed by atoms with E-state index < -0.39 is 12.0 Å². The van der Waals surface area contributed by atoms with E-state index in [0.717, 1.165) is 12.8 Å². The predicted octanol–water partition coefficient (Wildman–Crippen LogP) is 1.11. The Hall–Kier alpha value is -1.43. The molecular formula is C12H18N2O3S. The number of primary amides is 1. The van der Waals surface area contributed by atoms with E-state index in [2.05, 4.69) is 19.2 Å². The Morgan fingerprint density at radius 3 is 2.83 bits per heavy atom. The molecule has 1 heterocycles. The van der Waals surface area contributed by atoms with E-state index in [-0.39, 0.29) is 17.9 Å². The van der Waals surface area contributed by atoms with Crippen LogP contribution in [0.1, 0.15) is 12.8 Å². The molecule has 6 heteroatoms. The van der Waals surface area contributed by atoms with Crippen molar-refractivity contribution >= 4 is 24.6 Å². The number of piperidine rings is 1. The molecule has 100 valence electrons. The number of ether oxygens (including phenoxy) is 1. The molecule has 0 radical (unpaired) electrons. The summed E-state index contributed by atoms with van der Waals surface area (Å²) in [4.78, 5) is 24.1. The van der Waals surface area contributed by atoms with Gasteiger partial charge in [0.15, 0.2) is 0 Å². The van der Waals surface area contributed by atoms with Crippen molar-refractivity contribution < 1.29 is 14.3 Å². The molecular weight excluding hydrogens is 252 g/mol. The highest BCUT2D eigenvalue weighted by molar-refractivity contribution is 7.81. The first-order chi connectivity index (χ1) is 8.54. The maximum atomic E-state index is 11.8. The molecule has 1 fully saturated rings. The van der Waals surface area contributed by atoms with Crippen LogP contribution in [-0.4, -0.2) is 41.3 Å². The normalized spacial score (nSPS) is 23.9. The average molecular weight is 270 g/mol. The number of nitrogens with two attached hydrogens (primary N) is 1. The fourth-order valence-corrected chi connectivity index (χ4v) is 2.13. The molecule has 18 heavy (non-hydrogen) atoms. The Labute approximate surface area is 112 Å². The second kappa shape index (κ2) is 7.10. The minimum Gasteiger partial charge on any atom is -0.445 e. The molecule has 0 aromatic carbocycles. The lowest BCUT2D eigenvalue weighted by molar-refractivity contribution is -0.113. The largest absolute Gasteiger partial charge is 0.445 e. The zero-order valence-corrected chi connectivity index (χ0v) is 11.0. The lowest BCUT2D eigenvalue weighted by atomic mass is 10.0. The first-order valence-electron chi connectivity index (χ1n) is 5.74. The van der Waals surface area contributed by atoms with Gasteiger partial charge < -0.3 is 15.4 Å². The van der Waals surface area contributed by atoms with Crippen molar-refractivity contribution in [1.82, 2.24) is 4.90 Å². The number of hydrogen-bond donors (Lipinski definition) is 2. The van der Waals surface area contributed by atoms with Gasteiger partial charge in [-0.15, -0.1) is 0 Å². The van der Waals surface area contributed by atoms with Crippen LogP contribution in [0.4, 0.5) is 4.79 Å². The van der Waals surface area contributed by atoms with Gasteiger partial charge in [0.1, 0.15) is 6.61 Å². The molecule has 0 spiro atoms. The maximum Gasteiger partial charge on any atom is 0.410 e. The van der Waals surface area contributed by atoms with Gasteiger partial charge in [-0.1, -0.05) is 18.7 Å². The highest BCUT2D eigenvalue weighted by Crippen LogP contribution is 2.22. The Morgan fingerprint density at radius 2 is 2.22 bits per heavy atom. The standard InChI is InChI=1S/C12H18N2O3S/c1-2-7-17-12(16)14-8-10(18)5-3-9(14)4-6-11(13)15/h2,4,6,9-10,18H,1,3,5,7-8H2,(H2,13,15). The summed E-state index contributed by atoms with van der Waals surface area (Å²) in [6, 6.07) is -0.168. The van der Waals surface area contributed by atoms with Crippen LogP contribution in [0.5, 0.6) is 0 Å². The average Bonchev–Trinajstić information content (AvgIpc) is 2.34. The summed E-state index contributed by atoms with van der Waals surface area (Å²) < 4.78 is 5.00. The van der Waals surface area contributed by atoms with Crippen LogP contribution in [0.2, 0.25) is 0 Å². The lowest BCUT2D eigenvalue weighted by Crippen LogP contribution is -2.47. The zero-order valence-electron chi connectivity index (χ0n) is 10.1. The van der Waals surface area contributed by atoms with E-state index in [1.807, 2.05) is 0 Å². The van der Waals surface area contributed by atoms with Crippen LogP contribution in [-0.2, 0) is 9.53 Å². The third-order valence-corrected chi connectivity index (χ3v) is 3.07. The number of nitrogens with zero attached hydrogens (tertiary/aromatic N) is 1. The number of thiol groups is 1. The number of carbonyl (C=O) groups excluding carboxylic acids is 2. The number of amides is 2. The fraction of sp³-hybridized carbons (Fsp3) is 0.500. The van der Waals surface area contributed by atoms with E-state index in [1.54, 1.807) is 11.0 Å². The first kappa shape index (κ1) is 14.6. The first-order valence-corrected chi connectivity index (χ1v) is 6.26. The molecule has 0 aromatic heterocycles. The molecule has 0 saturated carbocycles. The molecule has 2 unspecified atom stereocenters. The van der Waals surface area contributed by atoms with Gasteiger partial charge in [0.2, 0.25) is 5.91 Å². The van der Waals surface area contributed by atoms with E-state index in [4.69, 9.17) is 10.5 Å². The van der Waals surface area contributed by atoms with Gasteiger partial charge in [-0.25, -0.2) is 4.79 Å². The minimum atomic E-state index is -0.526. The fourth-order valence-electron chi connectivity index (χ4n) is 1.80. The third kappa shape index (κ3) is 4.44. The SMILES string of the molecule is C=CCOC(=O)N1CC(S)CCC1C=CC(N)=O. The predicted molar refractivity (Wildman–Crippen MR) is 72.4 cm³/mol. The van der Waals surface area contributed by atoms with Gasteiger partial charge in [-0.3, -0.25) is 4.79 Å². The summed E-state index contributed by atoms with van der Waals surface area (Å²) in [7, 11) is 0. The van der Waals surface area contributed by atoms with E-state index in [0.29, 0.717) is 6.54 Å². The quantitative estimate of drug-likeness (QED) is 0.457. The zero-order chi connectivity index (χ0) is 13.5. The van der Waals surface area contributed by atoms with Gasteiger partial charge in [0.25, 0.3) is 0 Å². The summed E-state index contributed by atoms with van der Waals surface area (Å²) in [6.45, 7) is 4.14. The van der Waals surface area contributed by atoms with Crippen molar-refractivity contribution in [1.29, 1.82) is 0 Å². The summed E-state index contributed by atoms with van der Waals surface area (Å²) in [6.07, 6.45) is 5.61. The summed E-state index contributed by atoms with van der Waals surface area (Å²) in [5.74, 6) is -0.526. The molecule has 1 aliphatic heterocycles. The van der Waals surface area contributed by atoms with E-state index >= 15 is 0 Å². The monoisotopic (exact) mass is 270 g/mol. The summed E-state index contributed by atoms with van der Waals surface area (Å²) in [5.41, 5.74) is 5.05. The molecule has 5 nitrogen and oxygen atoms in total. The van der Waals surface area contributed by atoms with Gasteiger partial charge in [0.05, 0.1) is 6.04 Å². The Morgan fingerprint density at radius 1 is 1.50 bits per heavy atom. The van der Waals surface area contributed by atoms with Crippen LogP contribution in [0, 0.1) is 0 Å². The molecule has 1 aliphatic rings. The van der Waals surface area contributed by atoms with E-state index in [9.17, 15) is 9.59 Å². The van der Waals surface area contributed by atoms with Crippen LogP contribution in [0.25, 0.3) is 0 Å². The van der Waals surface area contributed by atoms with Crippen LogP contribution in [0.3, 0.4) is 0 Å². The minimum absolute atomic E-state index is 0.125. The number of carbonyl (C=O) groups is 2.